The van der Waals surface area contributed by atoms with Crippen LogP contribution in [0.1, 0.15) is 26.7 Å². The van der Waals surface area contributed by atoms with Crippen LogP contribution in [0.5, 0.6) is 0 Å². The van der Waals surface area contributed by atoms with Crippen LogP contribution >= 0.6 is 11.3 Å². The highest BCUT2D eigenvalue weighted by molar-refractivity contribution is 7.91. The van der Waals surface area contributed by atoms with E-state index in [2.05, 4.69) is 0 Å². The van der Waals surface area contributed by atoms with Gasteiger partial charge in [0.1, 0.15) is 4.21 Å². The second kappa shape index (κ2) is 3.72. The van der Waals surface area contributed by atoms with Crippen molar-refractivity contribution in [2.24, 2.45) is 0 Å². The van der Waals surface area contributed by atoms with E-state index in [1.54, 1.807) is 9.69 Å². The molecule has 1 aromatic rings. The Bertz CT molecular complexity index is 491. The molecule has 1 saturated heterocycles. The SMILES string of the molecule is CC1(C)CCCN1S(=O)(=O)c1cc(N)cs1. The Morgan fingerprint density at radius 2 is 2.19 bits per heavy atom. The van der Waals surface area contributed by atoms with E-state index in [0.29, 0.717) is 16.4 Å². The normalized spacial score (nSPS) is 21.4. The van der Waals surface area contributed by atoms with E-state index in [1.165, 1.54) is 17.4 Å². The first-order chi connectivity index (χ1) is 7.34. The summed E-state index contributed by atoms with van der Waals surface area (Å²) in [6.45, 7) is 4.54. The lowest BCUT2D eigenvalue weighted by Gasteiger charge is -2.29. The van der Waals surface area contributed by atoms with E-state index < -0.39 is 10.0 Å². The highest BCUT2D eigenvalue weighted by Crippen LogP contribution is 2.35. The third-order valence-electron chi connectivity index (χ3n) is 2.96. The standard InChI is InChI=1S/C10H16N2O2S2/c1-10(2)4-3-5-12(10)16(13,14)9-6-8(11)7-15-9/h6-7H,3-5,11H2,1-2H3. The predicted molar refractivity (Wildman–Crippen MR) is 65.9 cm³/mol. The maximum Gasteiger partial charge on any atom is 0.253 e. The number of thiophene rings is 1. The molecule has 2 heterocycles. The molecular weight excluding hydrogens is 244 g/mol. The quantitative estimate of drug-likeness (QED) is 0.883. The summed E-state index contributed by atoms with van der Waals surface area (Å²) in [4.78, 5) is 0. The van der Waals surface area contributed by atoms with Crippen molar-refractivity contribution >= 4 is 27.0 Å². The Balaban J connectivity index is 2.40. The first-order valence-corrected chi connectivity index (χ1v) is 7.53. The molecule has 16 heavy (non-hydrogen) atoms. The fourth-order valence-electron chi connectivity index (χ4n) is 2.10. The second-order valence-corrected chi connectivity index (χ2v) is 7.69. The molecule has 1 aliphatic heterocycles. The number of sulfonamides is 1. The molecule has 0 spiro atoms. The molecular formula is C10H16N2O2S2. The highest BCUT2D eigenvalue weighted by atomic mass is 32.2. The molecule has 2 rings (SSSR count). The number of nitrogen functional groups attached to an aromatic ring is 1. The van der Waals surface area contributed by atoms with Crippen LogP contribution < -0.4 is 5.73 Å². The van der Waals surface area contributed by atoms with Gasteiger partial charge in [-0.1, -0.05) is 0 Å². The maximum absolute atomic E-state index is 12.3. The number of rotatable bonds is 2. The first kappa shape index (κ1) is 11.9. The lowest BCUT2D eigenvalue weighted by atomic mass is 10.0. The molecule has 90 valence electrons. The van der Waals surface area contributed by atoms with Crippen LogP contribution in [0.15, 0.2) is 15.7 Å². The van der Waals surface area contributed by atoms with E-state index in [1.807, 2.05) is 13.8 Å². The predicted octanol–water partition coefficient (Wildman–Crippen LogP) is 1.89. The largest absolute Gasteiger partial charge is 0.398 e. The second-order valence-electron chi connectivity index (χ2n) is 4.69. The third kappa shape index (κ3) is 1.85. The van der Waals surface area contributed by atoms with Crippen molar-refractivity contribution in [2.75, 3.05) is 12.3 Å². The van der Waals surface area contributed by atoms with Gasteiger partial charge in [0.25, 0.3) is 10.0 Å². The van der Waals surface area contributed by atoms with Gasteiger partial charge in [0.15, 0.2) is 0 Å². The summed E-state index contributed by atoms with van der Waals surface area (Å²) < 4.78 is 26.6. The lowest BCUT2D eigenvalue weighted by Crippen LogP contribution is -2.42. The summed E-state index contributed by atoms with van der Waals surface area (Å²) in [5, 5.41) is 1.66. The number of hydrogen-bond acceptors (Lipinski definition) is 4. The van der Waals surface area contributed by atoms with E-state index >= 15 is 0 Å². The first-order valence-electron chi connectivity index (χ1n) is 5.21. The van der Waals surface area contributed by atoms with Crippen molar-refractivity contribution in [3.05, 3.63) is 11.4 Å². The van der Waals surface area contributed by atoms with Crippen molar-refractivity contribution in [1.82, 2.24) is 4.31 Å². The molecule has 0 unspecified atom stereocenters. The summed E-state index contributed by atoms with van der Waals surface area (Å²) in [6.07, 6.45) is 1.83. The molecule has 0 aliphatic carbocycles. The fourth-order valence-corrected chi connectivity index (χ4v) is 5.14. The van der Waals surface area contributed by atoms with E-state index in [9.17, 15) is 8.42 Å². The Morgan fingerprint density at radius 3 is 2.62 bits per heavy atom. The van der Waals surface area contributed by atoms with E-state index in [4.69, 9.17) is 5.73 Å². The average molecular weight is 260 g/mol. The Hall–Kier alpha value is -0.590. The molecule has 0 aromatic carbocycles. The minimum Gasteiger partial charge on any atom is -0.398 e. The lowest BCUT2D eigenvalue weighted by molar-refractivity contribution is 0.292. The number of hydrogen-bond donors (Lipinski definition) is 1. The molecule has 4 nitrogen and oxygen atoms in total. The van der Waals surface area contributed by atoms with Gasteiger partial charge in [-0.2, -0.15) is 4.31 Å². The summed E-state index contributed by atoms with van der Waals surface area (Å²) in [5.41, 5.74) is 5.80. The number of anilines is 1. The van der Waals surface area contributed by atoms with Gasteiger partial charge in [0.05, 0.1) is 0 Å². The molecule has 1 aromatic heterocycles. The number of nitrogens with zero attached hydrogens (tertiary/aromatic N) is 1. The van der Waals surface area contributed by atoms with E-state index in [0.717, 1.165) is 12.8 Å². The smallest absolute Gasteiger partial charge is 0.253 e. The van der Waals surface area contributed by atoms with Crippen LogP contribution in [0.25, 0.3) is 0 Å². The van der Waals surface area contributed by atoms with Gasteiger partial charge in [-0.15, -0.1) is 11.3 Å². The maximum atomic E-state index is 12.3. The van der Waals surface area contributed by atoms with Crippen molar-refractivity contribution in [3.63, 3.8) is 0 Å². The van der Waals surface area contributed by atoms with Crippen LogP contribution in [-0.4, -0.2) is 24.8 Å². The van der Waals surface area contributed by atoms with Crippen LogP contribution in [0.3, 0.4) is 0 Å². The molecule has 0 bridgehead atoms. The van der Waals surface area contributed by atoms with Crippen molar-refractivity contribution in [3.8, 4) is 0 Å². The van der Waals surface area contributed by atoms with E-state index in [-0.39, 0.29) is 5.54 Å². The van der Waals surface area contributed by atoms with Gasteiger partial charge in [-0.25, -0.2) is 8.42 Å². The van der Waals surface area contributed by atoms with Crippen LogP contribution in [0.2, 0.25) is 0 Å². The Labute approximate surface area is 100 Å². The third-order valence-corrected chi connectivity index (χ3v) is 6.51. The number of nitrogens with two attached hydrogens (primary N) is 1. The molecule has 0 saturated carbocycles. The highest BCUT2D eigenvalue weighted by Gasteiger charge is 2.41. The van der Waals surface area contributed by atoms with Crippen LogP contribution in [0, 0.1) is 0 Å². The van der Waals surface area contributed by atoms with Crippen molar-refractivity contribution < 1.29 is 8.42 Å². The fraction of sp³-hybridized carbons (Fsp3) is 0.600. The molecule has 1 aliphatic rings. The molecule has 0 radical (unpaired) electrons. The van der Waals surface area contributed by atoms with Crippen LogP contribution in [-0.2, 0) is 10.0 Å². The summed E-state index contributed by atoms with van der Waals surface area (Å²) in [6, 6.07) is 1.54. The summed E-state index contributed by atoms with van der Waals surface area (Å²) >= 11 is 1.19. The van der Waals surface area contributed by atoms with Crippen molar-refractivity contribution in [2.45, 2.75) is 36.4 Å². The minimum atomic E-state index is -3.35. The topological polar surface area (TPSA) is 63.4 Å². The Morgan fingerprint density at radius 1 is 1.50 bits per heavy atom. The zero-order valence-electron chi connectivity index (χ0n) is 9.43. The molecule has 0 atom stereocenters. The summed E-state index contributed by atoms with van der Waals surface area (Å²) in [7, 11) is -3.35. The van der Waals surface area contributed by atoms with Gasteiger partial charge in [-0.05, 0) is 32.8 Å². The van der Waals surface area contributed by atoms with Crippen molar-refractivity contribution in [1.29, 1.82) is 0 Å². The van der Waals surface area contributed by atoms with Gasteiger partial charge < -0.3 is 5.73 Å². The summed E-state index contributed by atoms with van der Waals surface area (Å²) in [5.74, 6) is 0. The molecule has 6 heteroatoms. The average Bonchev–Trinajstić information content (AvgIpc) is 2.71. The monoisotopic (exact) mass is 260 g/mol. The van der Waals surface area contributed by atoms with Crippen LogP contribution in [0.4, 0.5) is 5.69 Å². The molecule has 1 fully saturated rings. The minimum absolute atomic E-state index is 0.280. The Kier molecular flexibility index (Phi) is 2.76. The van der Waals surface area contributed by atoms with Gasteiger partial charge >= 0.3 is 0 Å². The zero-order valence-corrected chi connectivity index (χ0v) is 11.1. The molecule has 2 N–H and O–H groups in total. The van der Waals surface area contributed by atoms with Gasteiger partial charge in [0.2, 0.25) is 0 Å². The van der Waals surface area contributed by atoms with Gasteiger partial charge in [0, 0.05) is 23.2 Å². The molecule has 0 amide bonds. The van der Waals surface area contributed by atoms with Gasteiger partial charge in [-0.3, -0.25) is 0 Å². The zero-order chi connectivity index (χ0) is 12.0.